The van der Waals surface area contributed by atoms with Crippen molar-refractivity contribution < 1.29 is 22.9 Å². The molecule has 0 N–H and O–H groups in total. The van der Waals surface area contributed by atoms with E-state index < -0.39 is 26.7 Å². The summed E-state index contributed by atoms with van der Waals surface area (Å²) in [7, 11) is -4.02. The van der Waals surface area contributed by atoms with E-state index in [1.807, 2.05) is 18.2 Å². The summed E-state index contributed by atoms with van der Waals surface area (Å²) in [6.45, 7) is 0.485. The molecule has 0 radical (unpaired) electrons. The number of anilines is 1. The Morgan fingerprint density at radius 3 is 2.53 bits per heavy atom. The molecule has 0 spiro atoms. The van der Waals surface area contributed by atoms with E-state index >= 15 is 0 Å². The topological polar surface area (TPSA) is 110 Å². The Kier molecular flexibility index (Phi) is 5.51. The highest BCUT2D eigenvalue weighted by Gasteiger charge is 2.38. The van der Waals surface area contributed by atoms with Gasteiger partial charge in [0.05, 0.1) is 10.6 Å². The molecule has 1 saturated heterocycles. The highest BCUT2D eigenvalue weighted by atomic mass is 79.9. The Balaban J connectivity index is 1.55. The predicted molar refractivity (Wildman–Crippen MR) is 112 cm³/mol. The smallest absolute Gasteiger partial charge is 0.414 e. The van der Waals surface area contributed by atoms with Gasteiger partial charge in [0.2, 0.25) is 10.0 Å². The summed E-state index contributed by atoms with van der Waals surface area (Å²) in [5.74, 6) is 0. The molecule has 2 aliphatic heterocycles. The molecule has 0 atom stereocenters. The lowest BCUT2D eigenvalue weighted by molar-refractivity contribution is -0.387. The molecule has 30 heavy (non-hydrogen) atoms. The van der Waals surface area contributed by atoms with Gasteiger partial charge in [-0.2, -0.15) is 4.31 Å². The zero-order valence-electron chi connectivity index (χ0n) is 15.7. The lowest BCUT2D eigenvalue weighted by Crippen LogP contribution is -2.50. The van der Waals surface area contributed by atoms with Crippen molar-refractivity contribution in [2.24, 2.45) is 0 Å². The molecule has 0 bridgehead atoms. The number of benzene rings is 2. The number of para-hydroxylation sites is 1. The summed E-state index contributed by atoms with van der Waals surface area (Å²) in [6.07, 6.45) is 0.333. The van der Waals surface area contributed by atoms with Crippen LogP contribution in [0, 0.1) is 10.1 Å². The Labute approximate surface area is 181 Å². The van der Waals surface area contributed by atoms with Crippen LogP contribution in [0.4, 0.5) is 16.2 Å². The standard InChI is InChI=1S/C19H18BrN3O6S/c20-14-5-6-16-13(11-14)12-29-19(24)22(16)15-7-9-21(10-8-15)30(27,28)18-4-2-1-3-17(18)23(25)26/h1-6,11,15H,7-10,12H2. The second-order valence-corrected chi connectivity index (χ2v) is 9.88. The molecule has 11 heteroatoms. The summed E-state index contributed by atoms with van der Waals surface area (Å²) in [4.78, 5) is 24.3. The number of halogens is 1. The quantitative estimate of drug-likeness (QED) is 0.472. The number of rotatable bonds is 4. The molecule has 0 saturated carbocycles. The van der Waals surface area contributed by atoms with Crippen LogP contribution in [0.5, 0.6) is 0 Å². The zero-order chi connectivity index (χ0) is 21.5. The number of amides is 1. The number of carbonyl (C=O) groups excluding carboxylic acids is 1. The van der Waals surface area contributed by atoms with Crippen LogP contribution in [0.25, 0.3) is 0 Å². The van der Waals surface area contributed by atoms with E-state index in [1.165, 1.54) is 28.6 Å². The normalized spacial score (nSPS) is 18.0. The van der Waals surface area contributed by atoms with E-state index in [1.54, 1.807) is 4.90 Å². The molecule has 2 heterocycles. The first-order valence-corrected chi connectivity index (χ1v) is 11.5. The van der Waals surface area contributed by atoms with Crippen LogP contribution in [0.3, 0.4) is 0 Å². The molecule has 2 aliphatic rings. The minimum atomic E-state index is -4.02. The first kappa shape index (κ1) is 20.8. The van der Waals surface area contributed by atoms with Crippen molar-refractivity contribution in [1.82, 2.24) is 4.31 Å². The minimum absolute atomic E-state index is 0.148. The van der Waals surface area contributed by atoms with Gasteiger partial charge in [-0.05, 0) is 37.1 Å². The SMILES string of the molecule is O=C1OCc2cc(Br)ccc2N1C1CCN(S(=O)(=O)c2ccccc2[N+](=O)[O-])CC1. The van der Waals surface area contributed by atoms with Crippen LogP contribution in [-0.2, 0) is 21.4 Å². The number of nitro groups is 1. The highest BCUT2D eigenvalue weighted by molar-refractivity contribution is 9.10. The molecule has 158 valence electrons. The Morgan fingerprint density at radius 1 is 1.13 bits per heavy atom. The number of nitrogens with zero attached hydrogens (tertiary/aromatic N) is 3. The average Bonchev–Trinajstić information content (AvgIpc) is 2.74. The van der Waals surface area contributed by atoms with Crippen LogP contribution in [0.15, 0.2) is 51.8 Å². The van der Waals surface area contributed by atoms with E-state index in [-0.39, 0.29) is 30.6 Å². The molecule has 0 aliphatic carbocycles. The van der Waals surface area contributed by atoms with Gasteiger partial charge in [0.15, 0.2) is 4.90 Å². The van der Waals surface area contributed by atoms with Gasteiger partial charge in [0, 0.05) is 35.2 Å². The molecular formula is C19H18BrN3O6S. The summed E-state index contributed by atoms with van der Waals surface area (Å²) in [6, 6.07) is 10.7. The molecule has 1 amide bonds. The van der Waals surface area contributed by atoms with Gasteiger partial charge < -0.3 is 4.74 Å². The number of carbonyl (C=O) groups is 1. The Bertz CT molecular complexity index is 1120. The zero-order valence-corrected chi connectivity index (χ0v) is 18.1. The van der Waals surface area contributed by atoms with Gasteiger partial charge in [-0.3, -0.25) is 15.0 Å². The monoisotopic (exact) mass is 495 g/mol. The van der Waals surface area contributed by atoms with Crippen LogP contribution < -0.4 is 4.90 Å². The summed E-state index contributed by atoms with van der Waals surface area (Å²) in [5.41, 5.74) is 1.19. The van der Waals surface area contributed by atoms with Crippen molar-refractivity contribution in [3.05, 3.63) is 62.6 Å². The van der Waals surface area contributed by atoms with Gasteiger partial charge in [0.25, 0.3) is 5.69 Å². The second-order valence-electron chi connectivity index (χ2n) is 7.06. The summed E-state index contributed by atoms with van der Waals surface area (Å²) >= 11 is 3.41. The van der Waals surface area contributed by atoms with E-state index in [2.05, 4.69) is 15.9 Å². The molecule has 1 fully saturated rings. The lowest BCUT2D eigenvalue weighted by Gasteiger charge is -2.39. The second kappa shape index (κ2) is 7.97. The first-order chi connectivity index (χ1) is 14.3. The Morgan fingerprint density at radius 2 is 1.83 bits per heavy atom. The fourth-order valence-electron chi connectivity index (χ4n) is 3.86. The number of cyclic esters (lactones) is 1. The van der Waals surface area contributed by atoms with Crippen molar-refractivity contribution in [2.45, 2.75) is 30.4 Å². The van der Waals surface area contributed by atoms with Crippen molar-refractivity contribution in [2.75, 3.05) is 18.0 Å². The molecule has 9 nitrogen and oxygen atoms in total. The van der Waals surface area contributed by atoms with Gasteiger partial charge in [0.1, 0.15) is 6.61 Å². The molecule has 2 aromatic carbocycles. The third-order valence-corrected chi connectivity index (χ3v) is 7.76. The van der Waals surface area contributed by atoms with E-state index in [9.17, 15) is 23.3 Å². The van der Waals surface area contributed by atoms with Gasteiger partial charge in [-0.25, -0.2) is 13.2 Å². The van der Waals surface area contributed by atoms with E-state index in [0.717, 1.165) is 15.7 Å². The van der Waals surface area contributed by atoms with Gasteiger partial charge in [-0.1, -0.05) is 28.1 Å². The minimum Gasteiger partial charge on any atom is -0.444 e. The maximum absolute atomic E-state index is 13.0. The number of sulfonamides is 1. The fraction of sp³-hybridized carbons (Fsp3) is 0.316. The van der Waals surface area contributed by atoms with Crippen molar-refractivity contribution in [1.29, 1.82) is 0 Å². The van der Waals surface area contributed by atoms with Crippen molar-refractivity contribution in [3.63, 3.8) is 0 Å². The van der Waals surface area contributed by atoms with E-state index in [4.69, 9.17) is 4.74 Å². The molecule has 4 rings (SSSR count). The number of fused-ring (bicyclic) bond motifs is 1. The fourth-order valence-corrected chi connectivity index (χ4v) is 5.90. The number of nitro benzene ring substituents is 1. The van der Waals surface area contributed by atoms with Crippen molar-refractivity contribution in [3.8, 4) is 0 Å². The molecule has 0 aromatic heterocycles. The van der Waals surface area contributed by atoms with E-state index in [0.29, 0.717) is 12.8 Å². The molecule has 2 aromatic rings. The summed E-state index contributed by atoms with van der Waals surface area (Å²) in [5, 5.41) is 11.2. The van der Waals surface area contributed by atoms with Crippen molar-refractivity contribution >= 4 is 43.4 Å². The van der Waals surface area contributed by atoms with Gasteiger partial charge in [-0.15, -0.1) is 0 Å². The third-order valence-electron chi connectivity index (χ3n) is 5.32. The molecular weight excluding hydrogens is 478 g/mol. The number of ether oxygens (including phenoxy) is 1. The summed E-state index contributed by atoms with van der Waals surface area (Å²) < 4.78 is 33.4. The predicted octanol–water partition coefficient (Wildman–Crippen LogP) is 3.67. The van der Waals surface area contributed by atoms with Crippen LogP contribution >= 0.6 is 15.9 Å². The number of hydrogen-bond donors (Lipinski definition) is 0. The average molecular weight is 496 g/mol. The first-order valence-electron chi connectivity index (χ1n) is 9.27. The van der Waals surface area contributed by atoms with Crippen LogP contribution in [-0.4, -0.2) is 42.9 Å². The largest absolute Gasteiger partial charge is 0.444 e. The number of hydrogen-bond acceptors (Lipinski definition) is 6. The maximum Gasteiger partial charge on any atom is 0.414 e. The lowest BCUT2D eigenvalue weighted by atomic mass is 10.0. The highest BCUT2D eigenvalue weighted by Crippen LogP contribution is 2.35. The maximum atomic E-state index is 13.0. The van der Waals surface area contributed by atoms with Gasteiger partial charge >= 0.3 is 6.09 Å². The number of piperidine rings is 1. The van der Waals surface area contributed by atoms with Crippen LogP contribution in [0.1, 0.15) is 18.4 Å². The molecule has 0 unspecified atom stereocenters. The van der Waals surface area contributed by atoms with Crippen LogP contribution in [0.2, 0.25) is 0 Å². The third kappa shape index (κ3) is 3.68. The Hall–Kier alpha value is -2.50.